The van der Waals surface area contributed by atoms with Crippen LogP contribution in [0.2, 0.25) is 10.0 Å². The lowest BCUT2D eigenvalue weighted by atomic mass is 10.1. The van der Waals surface area contributed by atoms with Crippen LogP contribution in [0.25, 0.3) is 0 Å². The third kappa shape index (κ3) is 8.67. The van der Waals surface area contributed by atoms with Crippen molar-refractivity contribution in [1.29, 1.82) is 0 Å². The van der Waals surface area contributed by atoms with E-state index in [9.17, 15) is 4.79 Å². The van der Waals surface area contributed by atoms with Crippen molar-refractivity contribution in [2.45, 2.75) is 26.4 Å². The van der Waals surface area contributed by atoms with Gasteiger partial charge in [0.05, 0.1) is 12.6 Å². The number of carbonyl (C=O) groups is 1. The summed E-state index contributed by atoms with van der Waals surface area (Å²) in [6, 6.07) is 12.6. The number of rotatable bonds is 8. The lowest BCUT2D eigenvalue weighted by Gasteiger charge is -2.16. The molecule has 2 aromatic carbocycles. The molecule has 158 valence electrons. The topological polar surface area (TPSA) is 88.7 Å². The van der Waals surface area contributed by atoms with Gasteiger partial charge >= 0.3 is 0 Å². The Morgan fingerprint density at radius 3 is 2.69 bits per heavy atom. The van der Waals surface area contributed by atoms with Crippen molar-refractivity contribution >= 4 is 59.0 Å². The lowest BCUT2D eigenvalue weighted by molar-refractivity contribution is -0.122. The van der Waals surface area contributed by atoms with Crippen LogP contribution in [0.5, 0.6) is 5.75 Å². The molecule has 0 saturated heterocycles. The van der Waals surface area contributed by atoms with Crippen LogP contribution in [0.1, 0.15) is 31.0 Å². The van der Waals surface area contributed by atoms with Crippen molar-refractivity contribution in [1.82, 2.24) is 10.6 Å². The second-order valence-corrected chi connectivity index (χ2v) is 6.97. The highest BCUT2D eigenvalue weighted by Crippen LogP contribution is 2.26. The smallest absolute Gasteiger partial charge is 0.257 e. The number of carbonyl (C=O) groups excluding carboxylic acids is 1. The van der Waals surface area contributed by atoms with Crippen LogP contribution in [-0.2, 0) is 11.3 Å². The Balaban J connectivity index is 0.00000420. The van der Waals surface area contributed by atoms with E-state index in [1.165, 1.54) is 0 Å². The Morgan fingerprint density at radius 2 is 2.00 bits per heavy atom. The number of nitrogens with zero attached hydrogens (tertiary/aromatic N) is 1. The number of aliphatic imine (C=N–C) groups is 1. The van der Waals surface area contributed by atoms with Crippen LogP contribution in [0, 0.1) is 0 Å². The summed E-state index contributed by atoms with van der Waals surface area (Å²) in [5, 5.41) is 6.94. The molecule has 0 aliphatic carbocycles. The molecule has 29 heavy (non-hydrogen) atoms. The number of ether oxygens (including phenoxy) is 1. The molecule has 0 heterocycles. The van der Waals surface area contributed by atoms with Crippen molar-refractivity contribution in [2.24, 2.45) is 10.7 Å². The molecule has 0 bridgehead atoms. The number of nitrogens with one attached hydrogen (secondary N) is 2. The highest BCUT2D eigenvalue weighted by molar-refractivity contribution is 14.0. The highest BCUT2D eigenvalue weighted by atomic mass is 127. The zero-order valence-electron chi connectivity index (χ0n) is 16.2. The second-order valence-electron chi connectivity index (χ2n) is 6.12. The summed E-state index contributed by atoms with van der Waals surface area (Å²) in [7, 11) is 0. The van der Waals surface area contributed by atoms with E-state index in [0.29, 0.717) is 34.8 Å². The fraction of sp³-hybridized carbons (Fsp3) is 0.300. The Bertz CT molecular complexity index is 849. The Kier molecular flexibility index (Phi) is 11.2. The SMILES string of the molecule is CCNC(=O)COc1cccc(CN=C(N)NC(C)c2ccc(Cl)cc2Cl)c1.I. The normalized spacial score (nSPS) is 11.9. The molecule has 2 rings (SSSR count). The first-order valence-electron chi connectivity index (χ1n) is 8.89. The first kappa shape index (κ1) is 25.3. The summed E-state index contributed by atoms with van der Waals surface area (Å²) < 4.78 is 5.48. The maximum absolute atomic E-state index is 11.5. The van der Waals surface area contributed by atoms with Gasteiger partial charge in [-0.2, -0.15) is 0 Å². The van der Waals surface area contributed by atoms with Gasteiger partial charge in [0.2, 0.25) is 0 Å². The molecule has 0 spiro atoms. The molecule has 4 N–H and O–H groups in total. The Hall–Kier alpha value is -1.71. The van der Waals surface area contributed by atoms with Gasteiger partial charge < -0.3 is 21.1 Å². The van der Waals surface area contributed by atoms with Crippen LogP contribution in [0.3, 0.4) is 0 Å². The Morgan fingerprint density at radius 1 is 1.24 bits per heavy atom. The minimum atomic E-state index is -0.158. The molecular formula is C20H25Cl2IN4O2. The molecule has 0 radical (unpaired) electrons. The van der Waals surface area contributed by atoms with Crippen molar-refractivity contribution in [2.75, 3.05) is 13.2 Å². The van der Waals surface area contributed by atoms with Crippen LogP contribution in [0.15, 0.2) is 47.5 Å². The van der Waals surface area contributed by atoms with Crippen molar-refractivity contribution < 1.29 is 9.53 Å². The third-order valence-corrected chi connectivity index (χ3v) is 4.43. The lowest BCUT2D eigenvalue weighted by Crippen LogP contribution is -2.34. The van der Waals surface area contributed by atoms with Gasteiger partial charge in [-0.3, -0.25) is 4.79 Å². The zero-order valence-corrected chi connectivity index (χ0v) is 20.1. The van der Waals surface area contributed by atoms with Crippen LogP contribution in [0.4, 0.5) is 0 Å². The van der Waals surface area contributed by atoms with Crippen LogP contribution < -0.4 is 21.1 Å². The molecule has 9 heteroatoms. The van der Waals surface area contributed by atoms with E-state index >= 15 is 0 Å². The number of amides is 1. The van der Waals surface area contributed by atoms with E-state index in [0.717, 1.165) is 11.1 Å². The fourth-order valence-electron chi connectivity index (χ4n) is 2.51. The number of likely N-dealkylation sites (N-methyl/N-ethyl adjacent to an activating group) is 1. The molecule has 1 unspecified atom stereocenters. The number of benzene rings is 2. The molecular weight excluding hydrogens is 526 g/mol. The average Bonchev–Trinajstić information content (AvgIpc) is 2.65. The van der Waals surface area contributed by atoms with Gasteiger partial charge in [-0.15, -0.1) is 24.0 Å². The maximum atomic E-state index is 11.5. The van der Waals surface area contributed by atoms with Crippen molar-refractivity contribution in [3.05, 3.63) is 63.6 Å². The summed E-state index contributed by atoms with van der Waals surface area (Å²) in [6.07, 6.45) is 0. The standard InChI is InChI=1S/C20H24Cl2N4O2.HI/c1-3-24-19(27)12-28-16-6-4-5-14(9-16)11-25-20(23)26-13(2)17-8-7-15(21)10-18(17)22;/h4-10,13H,3,11-12H2,1-2H3,(H,24,27)(H3,23,25,26);1H. The highest BCUT2D eigenvalue weighted by Gasteiger charge is 2.10. The summed E-state index contributed by atoms with van der Waals surface area (Å²) in [5.41, 5.74) is 7.79. The van der Waals surface area contributed by atoms with E-state index in [2.05, 4.69) is 15.6 Å². The van der Waals surface area contributed by atoms with Gasteiger partial charge in [0.15, 0.2) is 12.6 Å². The molecule has 6 nitrogen and oxygen atoms in total. The predicted octanol–water partition coefficient (Wildman–Crippen LogP) is 4.29. The number of hydrogen-bond donors (Lipinski definition) is 3. The number of nitrogens with two attached hydrogens (primary N) is 1. The van der Waals surface area contributed by atoms with Gasteiger partial charge in [0.1, 0.15) is 5.75 Å². The largest absolute Gasteiger partial charge is 0.484 e. The van der Waals surface area contributed by atoms with Gasteiger partial charge in [0.25, 0.3) is 5.91 Å². The zero-order chi connectivity index (χ0) is 20.5. The monoisotopic (exact) mass is 550 g/mol. The number of guanidine groups is 1. The van der Waals surface area contributed by atoms with E-state index in [1.807, 2.05) is 38.1 Å². The van der Waals surface area contributed by atoms with Crippen molar-refractivity contribution in [3.63, 3.8) is 0 Å². The van der Waals surface area contributed by atoms with E-state index in [-0.39, 0.29) is 42.5 Å². The molecule has 2 aromatic rings. The summed E-state index contributed by atoms with van der Waals surface area (Å²) in [4.78, 5) is 15.8. The molecule has 0 fully saturated rings. The van der Waals surface area contributed by atoms with Gasteiger partial charge in [-0.25, -0.2) is 4.99 Å². The van der Waals surface area contributed by atoms with E-state index < -0.39 is 0 Å². The summed E-state index contributed by atoms with van der Waals surface area (Å²) in [5.74, 6) is 0.744. The second kappa shape index (κ2) is 12.8. The first-order chi connectivity index (χ1) is 13.4. The number of hydrogen-bond acceptors (Lipinski definition) is 3. The molecule has 0 aliphatic heterocycles. The maximum Gasteiger partial charge on any atom is 0.257 e. The number of halogens is 3. The van der Waals surface area contributed by atoms with Gasteiger partial charge in [-0.05, 0) is 49.2 Å². The summed E-state index contributed by atoms with van der Waals surface area (Å²) >= 11 is 12.1. The van der Waals surface area contributed by atoms with Gasteiger partial charge in [0, 0.05) is 16.6 Å². The quantitative estimate of drug-likeness (QED) is 0.260. The average molecular weight is 551 g/mol. The van der Waals surface area contributed by atoms with E-state index in [4.69, 9.17) is 33.7 Å². The molecule has 1 amide bonds. The molecule has 0 saturated carbocycles. The van der Waals surface area contributed by atoms with Gasteiger partial charge in [-0.1, -0.05) is 41.4 Å². The van der Waals surface area contributed by atoms with Crippen LogP contribution >= 0.6 is 47.2 Å². The fourth-order valence-corrected chi connectivity index (χ4v) is 3.08. The summed E-state index contributed by atoms with van der Waals surface area (Å²) in [6.45, 7) is 4.72. The van der Waals surface area contributed by atoms with Crippen molar-refractivity contribution in [3.8, 4) is 5.75 Å². The molecule has 1 atom stereocenters. The third-order valence-electron chi connectivity index (χ3n) is 3.87. The minimum Gasteiger partial charge on any atom is -0.484 e. The first-order valence-corrected chi connectivity index (χ1v) is 9.64. The molecule has 0 aromatic heterocycles. The minimum absolute atomic E-state index is 0. The Labute approximate surface area is 198 Å². The predicted molar refractivity (Wildman–Crippen MR) is 129 cm³/mol. The van der Waals surface area contributed by atoms with Crippen LogP contribution in [-0.4, -0.2) is 25.0 Å². The van der Waals surface area contributed by atoms with E-state index in [1.54, 1.807) is 18.2 Å². The molecule has 0 aliphatic rings.